The first-order chi connectivity index (χ1) is 9.14. The molecule has 7 heteroatoms. The Bertz CT molecular complexity index is 362. The Morgan fingerprint density at radius 1 is 1.20 bits per heavy atom. The molecule has 0 bridgehead atoms. The molecule has 0 aromatic heterocycles. The normalized spacial score (nSPS) is 18.0. The molecule has 0 radical (unpaired) electrons. The highest BCUT2D eigenvalue weighted by Crippen LogP contribution is 2.44. The van der Waals surface area contributed by atoms with Crippen LogP contribution in [0.1, 0.15) is 44.9 Å². The van der Waals surface area contributed by atoms with Crippen LogP contribution in [-0.4, -0.2) is 41.7 Å². The van der Waals surface area contributed by atoms with Crippen molar-refractivity contribution < 1.29 is 27.9 Å². The van der Waals surface area contributed by atoms with E-state index in [9.17, 15) is 22.8 Å². The lowest BCUT2D eigenvalue weighted by Crippen LogP contribution is -2.35. The summed E-state index contributed by atoms with van der Waals surface area (Å²) in [6.45, 7) is -0.383. The zero-order chi connectivity index (χ0) is 15.4. The molecule has 0 atom stereocenters. The number of carboxylic acids is 1. The van der Waals surface area contributed by atoms with Gasteiger partial charge in [0.2, 0.25) is 5.91 Å². The summed E-state index contributed by atoms with van der Waals surface area (Å²) in [6, 6.07) is 0. The highest BCUT2D eigenvalue weighted by Gasteiger charge is 2.39. The van der Waals surface area contributed by atoms with Crippen molar-refractivity contribution in [3.8, 4) is 0 Å². The van der Waals surface area contributed by atoms with Crippen molar-refractivity contribution in [2.24, 2.45) is 5.41 Å². The summed E-state index contributed by atoms with van der Waals surface area (Å²) in [7, 11) is 1.33. The van der Waals surface area contributed by atoms with Crippen molar-refractivity contribution in [1.82, 2.24) is 4.90 Å². The smallest absolute Gasteiger partial charge is 0.390 e. The van der Waals surface area contributed by atoms with Gasteiger partial charge in [-0.05, 0) is 18.3 Å². The van der Waals surface area contributed by atoms with Crippen LogP contribution in [0.25, 0.3) is 0 Å². The van der Waals surface area contributed by atoms with Crippen LogP contribution in [0, 0.1) is 5.41 Å². The number of hydrogen-bond donors (Lipinski definition) is 1. The van der Waals surface area contributed by atoms with Crippen molar-refractivity contribution in [2.75, 3.05) is 13.6 Å². The Balaban J connectivity index is 2.55. The van der Waals surface area contributed by atoms with E-state index in [0.29, 0.717) is 12.8 Å². The van der Waals surface area contributed by atoms with Crippen LogP contribution in [0.4, 0.5) is 13.2 Å². The lowest BCUT2D eigenvalue weighted by atomic mass is 9.79. The molecule has 20 heavy (non-hydrogen) atoms. The molecule has 0 saturated heterocycles. The maximum absolute atomic E-state index is 12.1. The fourth-order valence-corrected chi connectivity index (χ4v) is 2.74. The van der Waals surface area contributed by atoms with E-state index in [1.807, 2.05) is 0 Å². The van der Waals surface area contributed by atoms with Crippen molar-refractivity contribution >= 4 is 11.9 Å². The highest BCUT2D eigenvalue weighted by atomic mass is 19.4. The molecule has 1 N–H and O–H groups in total. The molecular formula is C13H20F3NO3. The van der Waals surface area contributed by atoms with Gasteiger partial charge >= 0.3 is 12.1 Å². The van der Waals surface area contributed by atoms with Gasteiger partial charge in [-0.2, -0.15) is 13.2 Å². The number of alkyl halides is 3. The van der Waals surface area contributed by atoms with Crippen LogP contribution in [0.3, 0.4) is 0 Å². The van der Waals surface area contributed by atoms with Gasteiger partial charge in [-0.3, -0.25) is 9.59 Å². The summed E-state index contributed by atoms with van der Waals surface area (Å²) in [5.41, 5.74) is -0.574. The van der Waals surface area contributed by atoms with Gasteiger partial charge in [0.05, 0.1) is 12.8 Å². The largest absolute Gasteiger partial charge is 0.481 e. The highest BCUT2D eigenvalue weighted by molar-refractivity contribution is 5.78. The molecule has 1 rings (SSSR count). The van der Waals surface area contributed by atoms with E-state index in [1.54, 1.807) is 0 Å². The van der Waals surface area contributed by atoms with E-state index in [1.165, 1.54) is 7.05 Å². The molecule has 0 heterocycles. The van der Waals surface area contributed by atoms with Crippen molar-refractivity contribution in [1.29, 1.82) is 0 Å². The van der Waals surface area contributed by atoms with Crippen LogP contribution in [0.15, 0.2) is 0 Å². The van der Waals surface area contributed by atoms with Crippen LogP contribution >= 0.6 is 0 Å². The summed E-state index contributed by atoms with van der Waals surface area (Å²) in [6.07, 6.45) is -2.36. The minimum atomic E-state index is -4.29. The van der Waals surface area contributed by atoms with Gasteiger partial charge < -0.3 is 10.0 Å². The second-order valence-electron chi connectivity index (χ2n) is 5.63. The van der Waals surface area contributed by atoms with E-state index in [-0.39, 0.29) is 19.4 Å². The number of aliphatic carboxylic acids is 1. The summed E-state index contributed by atoms with van der Waals surface area (Å²) < 4.78 is 36.3. The SMILES string of the molecule is CN(CCC(F)(F)F)C(=O)CC1(CC(=O)O)CCCC1. The minimum absolute atomic E-state index is 0.0215. The van der Waals surface area contributed by atoms with E-state index in [2.05, 4.69) is 0 Å². The van der Waals surface area contributed by atoms with Gasteiger partial charge in [0.15, 0.2) is 0 Å². The van der Waals surface area contributed by atoms with Gasteiger partial charge in [-0.15, -0.1) is 0 Å². The molecule has 1 amide bonds. The second kappa shape index (κ2) is 6.45. The Morgan fingerprint density at radius 3 is 2.20 bits per heavy atom. The average Bonchev–Trinajstić information content (AvgIpc) is 2.72. The molecule has 1 aliphatic rings. The number of rotatable bonds is 6. The van der Waals surface area contributed by atoms with Gasteiger partial charge in [0.25, 0.3) is 0 Å². The fourth-order valence-electron chi connectivity index (χ4n) is 2.74. The van der Waals surface area contributed by atoms with Gasteiger partial charge in [-0.25, -0.2) is 0 Å². The number of nitrogens with zero attached hydrogens (tertiary/aromatic N) is 1. The number of hydrogen-bond acceptors (Lipinski definition) is 2. The van der Waals surface area contributed by atoms with Crippen LogP contribution in [0.5, 0.6) is 0 Å². The van der Waals surface area contributed by atoms with E-state index < -0.39 is 29.9 Å². The van der Waals surface area contributed by atoms with Gasteiger partial charge in [0, 0.05) is 20.0 Å². The molecule has 0 aromatic rings. The third-order valence-corrected chi connectivity index (χ3v) is 3.87. The lowest BCUT2D eigenvalue weighted by molar-refractivity contribution is -0.145. The molecule has 0 aliphatic heterocycles. The van der Waals surface area contributed by atoms with Gasteiger partial charge in [-0.1, -0.05) is 12.8 Å². The second-order valence-corrected chi connectivity index (χ2v) is 5.63. The van der Waals surface area contributed by atoms with Crippen molar-refractivity contribution in [3.63, 3.8) is 0 Å². The Hall–Kier alpha value is -1.27. The summed E-state index contributed by atoms with van der Waals surface area (Å²) in [4.78, 5) is 23.9. The van der Waals surface area contributed by atoms with E-state index >= 15 is 0 Å². The Labute approximate surface area is 115 Å². The number of halogens is 3. The first-order valence-electron chi connectivity index (χ1n) is 6.66. The number of amides is 1. The van der Waals surface area contributed by atoms with Gasteiger partial charge in [0.1, 0.15) is 0 Å². The van der Waals surface area contributed by atoms with Crippen LogP contribution < -0.4 is 0 Å². The summed E-state index contributed by atoms with van der Waals surface area (Å²) in [5.74, 6) is -1.37. The average molecular weight is 295 g/mol. The number of carboxylic acid groups (broad SMARTS) is 1. The predicted octanol–water partition coefficient (Wildman–Crippen LogP) is 2.82. The number of carbonyl (C=O) groups is 2. The van der Waals surface area contributed by atoms with Crippen LogP contribution in [-0.2, 0) is 9.59 Å². The fraction of sp³-hybridized carbons (Fsp3) is 0.846. The molecule has 116 valence electrons. The van der Waals surface area contributed by atoms with E-state index in [0.717, 1.165) is 17.7 Å². The Kier molecular flexibility index (Phi) is 5.42. The van der Waals surface area contributed by atoms with Crippen LogP contribution in [0.2, 0.25) is 0 Å². The molecule has 0 aromatic carbocycles. The topological polar surface area (TPSA) is 57.6 Å². The number of carbonyl (C=O) groups excluding carboxylic acids is 1. The molecule has 1 fully saturated rings. The van der Waals surface area contributed by atoms with E-state index in [4.69, 9.17) is 5.11 Å². The zero-order valence-corrected chi connectivity index (χ0v) is 11.5. The standard InChI is InChI=1S/C13H20F3NO3/c1-17(7-6-13(14,15)16)10(18)8-12(9-11(19)20)4-2-3-5-12/h2-9H2,1H3,(H,19,20). The molecule has 1 aliphatic carbocycles. The molecule has 4 nitrogen and oxygen atoms in total. The summed E-state index contributed by atoms with van der Waals surface area (Å²) >= 11 is 0. The van der Waals surface area contributed by atoms with Crippen molar-refractivity contribution in [3.05, 3.63) is 0 Å². The Morgan fingerprint density at radius 2 is 1.75 bits per heavy atom. The predicted molar refractivity (Wildman–Crippen MR) is 66.1 cm³/mol. The summed E-state index contributed by atoms with van der Waals surface area (Å²) in [5, 5.41) is 8.93. The first-order valence-corrected chi connectivity index (χ1v) is 6.66. The zero-order valence-electron chi connectivity index (χ0n) is 11.5. The molecular weight excluding hydrogens is 275 g/mol. The molecule has 1 saturated carbocycles. The van der Waals surface area contributed by atoms with Crippen molar-refractivity contribution in [2.45, 2.75) is 51.1 Å². The quantitative estimate of drug-likeness (QED) is 0.819. The first kappa shape index (κ1) is 16.8. The molecule has 0 spiro atoms. The minimum Gasteiger partial charge on any atom is -0.481 e. The third kappa shape index (κ3) is 5.38. The lowest BCUT2D eigenvalue weighted by Gasteiger charge is -2.29. The maximum Gasteiger partial charge on any atom is 0.390 e. The monoisotopic (exact) mass is 295 g/mol. The third-order valence-electron chi connectivity index (χ3n) is 3.87. The molecule has 0 unspecified atom stereocenters. The maximum atomic E-state index is 12.1.